The molecular formula is C12H18BrN3O2. The third kappa shape index (κ3) is 3.55. The van der Waals surface area contributed by atoms with Crippen LogP contribution in [0.15, 0.2) is 12.4 Å². The number of rotatable bonds is 5. The SMILES string of the molecule is CCC(Br)C(=O)Nc1cnn(CC2CCCO2)c1. The van der Waals surface area contributed by atoms with E-state index < -0.39 is 0 Å². The van der Waals surface area contributed by atoms with Crippen molar-refractivity contribution in [2.45, 2.75) is 43.7 Å². The molecule has 0 saturated carbocycles. The molecule has 2 rings (SSSR count). The van der Waals surface area contributed by atoms with Crippen molar-refractivity contribution in [1.82, 2.24) is 9.78 Å². The van der Waals surface area contributed by atoms with Crippen molar-refractivity contribution < 1.29 is 9.53 Å². The number of anilines is 1. The monoisotopic (exact) mass is 315 g/mol. The van der Waals surface area contributed by atoms with Gasteiger partial charge in [-0.2, -0.15) is 5.10 Å². The van der Waals surface area contributed by atoms with Gasteiger partial charge in [0, 0.05) is 12.8 Å². The lowest BCUT2D eigenvalue weighted by Gasteiger charge is -2.08. The van der Waals surface area contributed by atoms with E-state index >= 15 is 0 Å². The zero-order valence-corrected chi connectivity index (χ0v) is 12.0. The van der Waals surface area contributed by atoms with Crippen molar-refractivity contribution in [1.29, 1.82) is 0 Å². The number of carbonyl (C=O) groups excluding carboxylic acids is 1. The first kappa shape index (κ1) is 13.5. The first-order valence-electron chi connectivity index (χ1n) is 6.28. The highest BCUT2D eigenvalue weighted by atomic mass is 79.9. The molecule has 1 aliphatic heterocycles. The molecule has 1 aliphatic rings. The molecule has 100 valence electrons. The number of carbonyl (C=O) groups is 1. The van der Waals surface area contributed by atoms with E-state index in [0.717, 1.165) is 38.1 Å². The molecule has 1 aromatic rings. The van der Waals surface area contributed by atoms with Crippen LogP contribution in [0.4, 0.5) is 5.69 Å². The number of nitrogens with zero attached hydrogens (tertiary/aromatic N) is 2. The van der Waals surface area contributed by atoms with E-state index in [1.165, 1.54) is 0 Å². The summed E-state index contributed by atoms with van der Waals surface area (Å²) >= 11 is 3.32. The summed E-state index contributed by atoms with van der Waals surface area (Å²) in [4.78, 5) is 11.5. The van der Waals surface area contributed by atoms with Gasteiger partial charge in [0.1, 0.15) is 0 Å². The maximum Gasteiger partial charge on any atom is 0.238 e. The Morgan fingerprint density at radius 3 is 3.28 bits per heavy atom. The fraction of sp³-hybridized carbons (Fsp3) is 0.667. The number of amides is 1. The second kappa shape index (κ2) is 6.33. The molecule has 0 aliphatic carbocycles. The molecule has 2 heterocycles. The quantitative estimate of drug-likeness (QED) is 0.847. The zero-order chi connectivity index (χ0) is 13.0. The fourth-order valence-corrected chi connectivity index (χ4v) is 2.05. The topological polar surface area (TPSA) is 56.2 Å². The Kier molecular flexibility index (Phi) is 4.77. The minimum Gasteiger partial charge on any atom is -0.376 e. The smallest absolute Gasteiger partial charge is 0.238 e. The summed E-state index contributed by atoms with van der Waals surface area (Å²) in [6, 6.07) is 0. The number of alkyl halides is 1. The predicted molar refractivity (Wildman–Crippen MR) is 72.8 cm³/mol. The van der Waals surface area contributed by atoms with Crippen molar-refractivity contribution in [2.75, 3.05) is 11.9 Å². The predicted octanol–water partition coefficient (Wildman–Crippen LogP) is 2.17. The fourth-order valence-electron chi connectivity index (χ4n) is 1.93. The van der Waals surface area contributed by atoms with E-state index in [-0.39, 0.29) is 16.8 Å². The Hall–Kier alpha value is -0.880. The second-order valence-corrected chi connectivity index (χ2v) is 5.56. The molecule has 2 unspecified atom stereocenters. The third-order valence-corrected chi connectivity index (χ3v) is 4.02. The van der Waals surface area contributed by atoms with Gasteiger partial charge in [0.15, 0.2) is 0 Å². The number of hydrogen-bond donors (Lipinski definition) is 1. The summed E-state index contributed by atoms with van der Waals surface area (Å²) < 4.78 is 7.37. The maximum atomic E-state index is 11.7. The lowest BCUT2D eigenvalue weighted by Crippen LogP contribution is -2.21. The molecule has 0 spiro atoms. The van der Waals surface area contributed by atoms with Gasteiger partial charge in [-0.25, -0.2) is 0 Å². The van der Waals surface area contributed by atoms with Gasteiger partial charge in [0.05, 0.1) is 29.4 Å². The van der Waals surface area contributed by atoms with Gasteiger partial charge in [0.25, 0.3) is 0 Å². The molecule has 5 nitrogen and oxygen atoms in total. The number of ether oxygens (including phenoxy) is 1. The van der Waals surface area contributed by atoms with Crippen molar-refractivity contribution in [3.8, 4) is 0 Å². The van der Waals surface area contributed by atoms with E-state index in [4.69, 9.17) is 4.74 Å². The Labute approximate surface area is 115 Å². The summed E-state index contributed by atoms with van der Waals surface area (Å²) in [7, 11) is 0. The molecule has 0 radical (unpaired) electrons. The normalized spacial score (nSPS) is 20.9. The van der Waals surface area contributed by atoms with E-state index in [2.05, 4.69) is 26.3 Å². The van der Waals surface area contributed by atoms with E-state index in [0.29, 0.717) is 0 Å². The lowest BCUT2D eigenvalue weighted by molar-refractivity contribution is -0.115. The average molecular weight is 316 g/mol. The Morgan fingerprint density at radius 2 is 2.61 bits per heavy atom. The summed E-state index contributed by atoms with van der Waals surface area (Å²) in [5.74, 6) is -0.0332. The van der Waals surface area contributed by atoms with E-state index in [1.807, 2.05) is 17.8 Å². The molecular weight excluding hydrogens is 298 g/mol. The van der Waals surface area contributed by atoms with Gasteiger partial charge in [-0.15, -0.1) is 0 Å². The highest BCUT2D eigenvalue weighted by molar-refractivity contribution is 9.10. The molecule has 1 amide bonds. The van der Waals surface area contributed by atoms with Gasteiger partial charge in [-0.05, 0) is 19.3 Å². The summed E-state index contributed by atoms with van der Waals surface area (Å²) in [5, 5.41) is 7.05. The molecule has 0 aromatic carbocycles. The van der Waals surface area contributed by atoms with Gasteiger partial charge in [-0.1, -0.05) is 22.9 Å². The van der Waals surface area contributed by atoms with Crippen LogP contribution in [0.5, 0.6) is 0 Å². The van der Waals surface area contributed by atoms with Crippen LogP contribution in [0.2, 0.25) is 0 Å². The zero-order valence-electron chi connectivity index (χ0n) is 10.4. The van der Waals surface area contributed by atoms with Crippen molar-refractivity contribution in [3.63, 3.8) is 0 Å². The lowest BCUT2D eigenvalue weighted by atomic mass is 10.2. The highest BCUT2D eigenvalue weighted by Gasteiger charge is 2.17. The van der Waals surface area contributed by atoms with Gasteiger partial charge in [0.2, 0.25) is 5.91 Å². The number of nitrogens with one attached hydrogen (secondary N) is 1. The molecule has 1 fully saturated rings. The Balaban J connectivity index is 1.87. The summed E-state index contributed by atoms with van der Waals surface area (Å²) in [6.07, 6.45) is 6.73. The standard InChI is InChI=1S/C12H18BrN3O2/c1-2-11(13)12(17)15-9-6-14-16(7-9)8-10-4-3-5-18-10/h6-7,10-11H,2-5,8H2,1H3,(H,15,17). The minimum atomic E-state index is -0.154. The third-order valence-electron chi connectivity index (χ3n) is 2.96. The molecule has 1 N–H and O–H groups in total. The summed E-state index contributed by atoms with van der Waals surface area (Å²) in [5.41, 5.74) is 0.732. The first-order valence-corrected chi connectivity index (χ1v) is 7.19. The van der Waals surface area contributed by atoms with Crippen LogP contribution in [0.1, 0.15) is 26.2 Å². The maximum absolute atomic E-state index is 11.7. The summed E-state index contributed by atoms with van der Waals surface area (Å²) in [6.45, 7) is 3.55. The first-order chi connectivity index (χ1) is 8.69. The van der Waals surface area contributed by atoms with Crippen molar-refractivity contribution in [2.24, 2.45) is 0 Å². The van der Waals surface area contributed by atoms with Crippen LogP contribution in [-0.2, 0) is 16.1 Å². The second-order valence-electron chi connectivity index (χ2n) is 4.45. The highest BCUT2D eigenvalue weighted by Crippen LogP contribution is 2.15. The molecule has 6 heteroatoms. The largest absolute Gasteiger partial charge is 0.376 e. The van der Waals surface area contributed by atoms with E-state index in [1.54, 1.807) is 6.20 Å². The minimum absolute atomic E-state index is 0.0332. The van der Waals surface area contributed by atoms with Crippen LogP contribution < -0.4 is 5.32 Å². The molecule has 18 heavy (non-hydrogen) atoms. The molecule has 1 aromatic heterocycles. The molecule has 2 atom stereocenters. The number of aromatic nitrogens is 2. The van der Waals surface area contributed by atoms with Gasteiger partial charge >= 0.3 is 0 Å². The Bertz CT molecular complexity index is 402. The molecule has 0 bridgehead atoms. The number of hydrogen-bond acceptors (Lipinski definition) is 3. The average Bonchev–Trinajstić information content (AvgIpc) is 3.01. The Morgan fingerprint density at radius 1 is 1.78 bits per heavy atom. The van der Waals surface area contributed by atoms with Crippen molar-refractivity contribution in [3.05, 3.63) is 12.4 Å². The molecule has 1 saturated heterocycles. The van der Waals surface area contributed by atoms with Crippen molar-refractivity contribution >= 4 is 27.5 Å². The van der Waals surface area contributed by atoms with Crippen LogP contribution in [0, 0.1) is 0 Å². The van der Waals surface area contributed by atoms with Crippen LogP contribution in [0.3, 0.4) is 0 Å². The van der Waals surface area contributed by atoms with Gasteiger partial charge in [-0.3, -0.25) is 9.48 Å². The van der Waals surface area contributed by atoms with Crippen LogP contribution >= 0.6 is 15.9 Å². The van der Waals surface area contributed by atoms with Crippen LogP contribution in [0.25, 0.3) is 0 Å². The number of halogens is 1. The van der Waals surface area contributed by atoms with Gasteiger partial charge < -0.3 is 10.1 Å². The van der Waals surface area contributed by atoms with E-state index in [9.17, 15) is 4.79 Å². The van der Waals surface area contributed by atoms with Crippen LogP contribution in [-0.4, -0.2) is 33.2 Å².